The number of amides is 2. The number of Topliss-reactive ketones (excluding diaryl/α,β-unsaturated/α-hetero) is 1. The van der Waals surface area contributed by atoms with Gasteiger partial charge in [-0.25, -0.2) is 0 Å². The van der Waals surface area contributed by atoms with Gasteiger partial charge in [0.05, 0.1) is 16.4 Å². The van der Waals surface area contributed by atoms with Gasteiger partial charge in [0.15, 0.2) is 0 Å². The summed E-state index contributed by atoms with van der Waals surface area (Å²) >= 11 is 0. The van der Waals surface area contributed by atoms with E-state index in [1.807, 2.05) is 0 Å². The van der Waals surface area contributed by atoms with E-state index in [9.17, 15) is 29.6 Å². The number of hydrogen-bond donors (Lipinski definition) is 3. The maximum Gasteiger partial charge on any atom is 0.269 e. The lowest BCUT2D eigenvalue weighted by molar-refractivity contribution is -0.385. The molecule has 0 saturated heterocycles. The molecule has 0 radical (unpaired) electrons. The molecule has 1 aliphatic carbocycles. The highest BCUT2D eigenvalue weighted by molar-refractivity contribution is 6.05. The third-order valence-corrected chi connectivity index (χ3v) is 4.79. The van der Waals surface area contributed by atoms with Crippen LogP contribution in [-0.4, -0.2) is 47.3 Å². The molecule has 2 amide bonds. The van der Waals surface area contributed by atoms with E-state index in [-0.39, 0.29) is 17.7 Å². The zero-order valence-corrected chi connectivity index (χ0v) is 14.7. The number of aliphatic hydroxyl groups is 1. The largest absolute Gasteiger partial charge is 0.389 e. The molecule has 1 aromatic carbocycles. The number of benzene rings is 1. The van der Waals surface area contributed by atoms with Crippen molar-refractivity contribution in [2.75, 3.05) is 14.1 Å². The molecule has 0 aromatic heterocycles. The van der Waals surface area contributed by atoms with Gasteiger partial charge in [0.1, 0.15) is 11.7 Å². The van der Waals surface area contributed by atoms with Gasteiger partial charge in [-0.15, -0.1) is 0 Å². The molecule has 3 N–H and O–H groups in total. The molecule has 2 rings (SSSR count). The summed E-state index contributed by atoms with van der Waals surface area (Å²) in [5.74, 6) is -5.07. The van der Waals surface area contributed by atoms with Crippen molar-refractivity contribution in [3.8, 4) is 0 Å². The topological polar surface area (TPSA) is 139 Å². The molecule has 1 fully saturated rings. The Morgan fingerprint density at radius 2 is 1.88 bits per heavy atom. The van der Waals surface area contributed by atoms with E-state index < -0.39 is 45.9 Å². The minimum Gasteiger partial charge on any atom is -0.389 e. The molecule has 26 heavy (non-hydrogen) atoms. The highest BCUT2D eigenvalue weighted by atomic mass is 16.6. The average molecular weight is 363 g/mol. The van der Waals surface area contributed by atoms with Gasteiger partial charge in [-0.05, 0) is 12.5 Å². The van der Waals surface area contributed by atoms with Crippen LogP contribution in [0.15, 0.2) is 24.3 Å². The molecule has 0 heterocycles. The highest BCUT2D eigenvalue weighted by Gasteiger charge is 2.55. The second-order valence-electron chi connectivity index (χ2n) is 6.56. The number of carbonyl (C=O) groups is 3. The van der Waals surface area contributed by atoms with Crippen molar-refractivity contribution in [3.05, 3.63) is 39.9 Å². The van der Waals surface area contributed by atoms with Crippen molar-refractivity contribution in [1.82, 2.24) is 10.6 Å². The minimum atomic E-state index is -1.70. The lowest BCUT2D eigenvalue weighted by atomic mass is 9.61. The average Bonchev–Trinajstić information content (AvgIpc) is 2.59. The Kier molecular flexibility index (Phi) is 5.41. The summed E-state index contributed by atoms with van der Waals surface area (Å²) in [6.45, 7) is 1.36. The second-order valence-corrected chi connectivity index (χ2v) is 6.56. The van der Waals surface area contributed by atoms with E-state index >= 15 is 0 Å². The third-order valence-electron chi connectivity index (χ3n) is 4.79. The first-order valence-corrected chi connectivity index (χ1v) is 8.06. The zero-order valence-electron chi connectivity index (χ0n) is 14.7. The summed E-state index contributed by atoms with van der Waals surface area (Å²) in [4.78, 5) is 48.0. The molecule has 0 spiro atoms. The highest BCUT2D eigenvalue weighted by Crippen LogP contribution is 2.46. The van der Waals surface area contributed by atoms with Gasteiger partial charge < -0.3 is 15.7 Å². The number of nitro groups is 1. The molecular formula is C17H21N3O6. The molecule has 9 nitrogen and oxygen atoms in total. The van der Waals surface area contributed by atoms with Crippen LogP contribution in [0.25, 0.3) is 0 Å². The molecule has 1 saturated carbocycles. The number of nitro benzene ring substituents is 1. The van der Waals surface area contributed by atoms with E-state index in [0.29, 0.717) is 0 Å². The van der Waals surface area contributed by atoms with Crippen LogP contribution in [0.5, 0.6) is 0 Å². The van der Waals surface area contributed by atoms with Crippen molar-refractivity contribution < 1.29 is 24.4 Å². The van der Waals surface area contributed by atoms with Crippen molar-refractivity contribution in [1.29, 1.82) is 0 Å². The molecule has 0 aliphatic heterocycles. The Morgan fingerprint density at radius 1 is 1.27 bits per heavy atom. The Labute approximate surface area is 149 Å². The molecule has 140 valence electrons. The number of non-ortho nitro benzene ring substituents is 1. The van der Waals surface area contributed by atoms with Crippen LogP contribution in [-0.2, 0) is 14.4 Å². The van der Waals surface area contributed by atoms with Crippen molar-refractivity contribution in [3.63, 3.8) is 0 Å². The number of nitrogens with zero attached hydrogens (tertiary/aromatic N) is 1. The summed E-state index contributed by atoms with van der Waals surface area (Å²) in [5, 5.41) is 26.7. The van der Waals surface area contributed by atoms with E-state index in [2.05, 4.69) is 10.6 Å². The third kappa shape index (κ3) is 3.43. The monoisotopic (exact) mass is 363 g/mol. The summed E-state index contributed by atoms with van der Waals surface area (Å²) in [5.41, 5.74) is -1.65. The maximum absolute atomic E-state index is 12.6. The fourth-order valence-electron chi connectivity index (χ4n) is 3.65. The van der Waals surface area contributed by atoms with Crippen LogP contribution in [0.1, 0.15) is 24.8 Å². The number of ketones is 1. The van der Waals surface area contributed by atoms with Crippen LogP contribution in [0.2, 0.25) is 0 Å². The quantitative estimate of drug-likeness (QED) is 0.395. The molecule has 1 aromatic rings. The molecule has 0 bridgehead atoms. The minimum absolute atomic E-state index is 0.230. The fraction of sp³-hybridized carbons (Fsp3) is 0.471. The Bertz CT molecular complexity index is 761. The first-order valence-electron chi connectivity index (χ1n) is 8.06. The predicted molar refractivity (Wildman–Crippen MR) is 91.2 cm³/mol. The number of carbonyl (C=O) groups excluding carboxylic acids is 3. The molecule has 1 aliphatic rings. The first kappa shape index (κ1) is 19.5. The zero-order chi connectivity index (χ0) is 19.6. The Hall–Kier alpha value is -2.81. The number of rotatable bonds is 4. The van der Waals surface area contributed by atoms with E-state index in [0.717, 1.165) is 0 Å². The van der Waals surface area contributed by atoms with Gasteiger partial charge in [0.25, 0.3) is 5.69 Å². The smallest absolute Gasteiger partial charge is 0.269 e. The van der Waals surface area contributed by atoms with E-state index in [1.54, 1.807) is 0 Å². The van der Waals surface area contributed by atoms with Crippen molar-refractivity contribution in [2.45, 2.75) is 24.9 Å². The van der Waals surface area contributed by atoms with E-state index in [4.69, 9.17) is 0 Å². The van der Waals surface area contributed by atoms with Gasteiger partial charge in [0.2, 0.25) is 11.8 Å². The lowest BCUT2D eigenvalue weighted by Crippen LogP contribution is -2.57. The van der Waals surface area contributed by atoms with Crippen LogP contribution in [0.4, 0.5) is 5.69 Å². The van der Waals surface area contributed by atoms with Gasteiger partial charge >= 0.3 is 0 Å². The molecule has 4 atom stereocenters. The van der Waals surface area contributed by atoms with Crippen LogP contribution < -0.4 is 10.6 Å². The first-order chi connectivity index (χ1) is 12.1. The fourth-order valence-corrected chi connectivity index (χ4v) is 3.65. The van der Waals surface area contributed by atoms with Crippen LogP contribution >= 0.6 is 0 Å². The number of hydrogen-bond acceptors (Lipinski definition) is 6. The van der Waals surface area contributed by atoms with Crippen molar-refractivity contribution >= 4 is 23.3 Å². The Balaban J connectivity index is 2.69. The van der Waals surface area contributed by atoms with Crippen molar-refractivity contribution in [2.24, 2.45) is 11.8 Å². The van der Waals surface area contributed by atoms with Gasteiger partial charge in [-0.2, -0.15) is 0 Å². The SMILES string of the molecule is CNC(=O)[C@@H]1C(=O)C[C@](C)(O)[C@@H](C(=O)NC)[C@H]1c1cccc([N+](=O)[O-])c1. The summed E-state index contributed by atoms with van der Waals surface area (Å²) < 4.78 is 0. The van der Waals surface area contributed by atoms with E-state index in [1.165, 1.54) is 45.3 Å². The number of nitrogens with one attached hydrogen (secondary N) is 2. The molecular weight excluding hydrogens is 342 g/mol. The van der Waals surface area contributed by atoms with Gasteiger partial charge in [0, 0.05) is 38.6 Å². The second kappa shape index (κ2) is 7.20. The summed E-state index contributed by atoms with van der Waals surface area (Å²) in [7, 11) is 2.75. The summed E-state index contributed by atoms with van der Waals surface area (Å²) in [6, 6.07) is 5.43. The lowest BCUT2D eigenvalue weighted by Gasteiger charge is -2.44. The Morgan fingerprint density at radius 3 is 2.42 bits per heavy atom. The standard InChI is InChI=1S/C17H21N3O6/c1-17(24)8-11(21)13(15(22)18-2)12(14(17)16(23)19-3)9-5-4-6-10(7-9)20(25)26/h4-7,12-14,24H,8H2,1-3H3,(H,18,22)(H,19,23)/t12-,13+,14+,17-/m0/s1. The normalized spacial score (nSPS) is 28.3. The molecule has 0 unspecified atom stereocenters. The molecule has 9 heteroatoms. The van der Waals surface area contributed by atoms with Gasteiger partial charge in [-0.3, -0.25) is 24.5 Å². The van der Waals surface area contributed by atoms with Crippen LogP contribution in [0.3, 0.4) is 0 Å². The maximum atomic E-state index is 12.6. The van der Waals surface area contributed by atoms with Gasteiger partial charge in [-0.1, -0.05) is 12.1 Å². The van der Waals surface area contributed by atoms with Crippen LogP contribution in [0, 0.1) is 22.0 Å². The predicted octanol–water partition coefficient (Wildman–Crippen LogP) is 0.127. The summed E-state index contributed by atoms with van der Waals surface area (Å²) in [6.07, 6.45) is -0.366.